The Bertz CT molecular complexity index is 381. The molecule has 1 aromatic rings. The average Bonchev–Trinajstić information content (AvgIpc) is 2.25. The molecule has 0 fully saturated rings. The monoisotopic (exact) mass is 285 g/mol. The molecule has 0 bridgehead atoms. The van der Waals surface area contributed by atoms with E-state index >= 15 is 0 Å². The highest BCUT2D eigenvalue weighted by Crippen LogP contribution is 2.21. The van der Waals surface area contributed by atoms with E-state index in [-0.39, 0.29) is 11.9 Å². The lowest BCUT2D eigenvalue weighted by Gasteiger charge is -2.13. The summed E-state index contributed by atoms with van der Waals surface area (Å²) >= 11 is 3.38. The maximum atomic E-state index is 7.35. The number of nitrogens with two attached hydrogens (primary N) is 1. The van der Waals surface area contributed by atoms with Crippen LogP contribution in [0.1, 0.15) is 12.5 Å². The Morgan fingerprint density at radius 3 is 2.81 bits per heavy atom. The van der Waals surface area contributed by atoms with Gasteiger partial charge in [0.1, 0.15) is 5.84 Å². The van der Waals surface area contributed by atoms with Gasteiger partial charge in [0.15, 0.2) is 0 Å². The number of methoxy groups -OCH3 is 1. The van der Waals surface area contributed by atoms with Gasteiger partial charge in [-0.3, -0.25) is 5.41 Å². The molecule has 1 unspecified atom stereocenters. The van der Waals surface area contributed by atoms with E-state index in [4.69, 9.17) is 15.9 Å². The summed E-state index contributed by atoms with van der Waals surface area (Å²) in [7, 11) is 1.68. The van der Waals surface area contributed by atoms with Gasteiger partial charge in [0.05, 0.1) is 6.10 Å². The van der Waals surface area contributed by atoms with Crippen molar-refractivity contribution < 1.29 is 4.74 Å². The highest BCUT2D eigenvalue weighted by Gasteiger charge is 2.04. The summed E-state index contributed by atoms with van der Waals surface area (Å²) < 4.78 is 5.95. The molecule has 16 heavy (non-hydrogen) atoms. The van der Waals surface area contributed by atoms with Crippen LogP contribution in [0, 0.1) is 5.41 Å². The van der Waals surface area contributed by atoms with Crippen molar-refractivity contribution in [2.24, 2.45) is 5.73 Å². The highest BCUT2D eigenvalue weighted by atomic mass is 79.9. The van der Waals surface area contributed by atoms with E-state index in [1.165, 1.54) is 0 Å². The molecule has 0 spiro atoms. The molecule has 0 aliphatic rings. The Morgan fingerprint density at radius 2 is 2.31 bits per heavy atom. The molecule has 1 rings (SSSR count). The molecule has 0 amide bonds. The van der Waals surface area contributed by atoms with Gasteiger partial charge in [-0.05, 0) is 41.1 Å². The van der Waals surface area contributed by atoms with Gasteiger partial charge in [-0.2, -0.15) is 0 Å². The summed E-state index contributed by atoms with van der Waals surface area (Å²) in [6.45, 7) is 2.73. The van der Waals surface area contributed by atoms with Crippen molar-refractivity contribution in [3.8, 4) is 0 Å². The number of benzene rings is 1. The predicted octanol–water partition coefficient (Wildman–Crippen LogP) is 2.18. The lowest BCUT2D eigenvalue weighted by atomic mass is 10.2. The Labute approximate surface area is 104 Å². The summed E-state index contributed by atoms with van der Waals surface area (Å²) in [5.41, 5.74) is 7.09. The Hall–Kier alpha value is -1.07. The first-order chi connectivity index (χ1) is 7.54. The number of halogens is 1. The van der Waals surface area contributed by atoms with Gasteiger partial charge in [-0.25, -0.2) is 0 Å². The van der Waals surface area contributed by atoms with Crippen molar-refractivity contribution in [1.29, 1.82) is 5.41 Å². The first-order valence-electron chi connectivity index (χ1n) is 4.95. The molecule has 0 aliphatic carbocycles. The van der Waals surface area contributed by atoms with Crippen molar-refractivity contribution in [2.45, 2.75) is 13.0 Å². The van der Waals surface area contributed by atoms with Crippen LogP contribution in [0.15, 0.2) is 22.7 Å². The molecule has 5 heteroatoms. The summed E-state index contributed by atoms with van der Waals surface area (Å²) in [6.07, 6.45) is 0.159. The second-order valence-electron chi connectivity index (χ2n) is 3.54. The number of hydrogen-bond donors (Lipinski definition) is 3. The molecule has 1 atom stereocenters. The minimum absolute atomic E-state index is 0.0590. The van der Waals surface area contributed by atoms with Crippen LogP contribution >= 0.6 is 15.9 Å². The van der Waals surface area contributed by atoms with Gasteiger partial charge in [0.25, 0.3) is 0 Å². The molecule has 0 aliphatic heterocycles. The molecule has 4 nitrogen and oxygen atoms in total. The number of nitrogen functional groups attached to an aromatic ring is 1. The fraction of sp³-hybridized carbons (Fsp3) is 0.364. The molecule has 0 heterocycles. The van der Waals surface area contributed by atoms with Crippen LogP contribution in [0.5, 0.6) is 0 Å². The second kappa shape index (κ2) is 5.86. The van der Waals surface area contributed by atoms with Gasteiger partial charge >= 0.3 is 0 Å². The zero-order valence-electron chi connectivity index (χ0n) is 9.38. The van der Waals surface area contributed by atoms with E-state index in [0.717, 1.165) is 16.7 Å². The number of ether oxygens (including phenoxy) is 1. The number of rotatable bonds is 5. The molecule has 0 saturated heterocycles. The summed E-state index contributed by atoms with van der Waals surface area (Å²) in [4.78, 5) is 0. The standard InChI is InChI=1S/C11H16BrN3O/c1-7(16-2)6-15-8-3-4-9(11(13)14)10(12)5-8/h3-5,7,15H,6H2,1-2H3,(H3,13,14). The van der Waals surface area contributed by atoms with E-state index < -0.39 is 0 Å². The SMILES string of the molecule is COC(C)CNc1ccc(C(=N)N)c(Br)c1. The summed E-state index contributed by atoms with van der Waals surface area (Å²) in [5.74, 6) is 0.0590. The van der Waals surface area contributed by atoms with E-state index in [9.17, 15) is 0 Å². The quantitative estimate of drug-likeness (QED) is 0.574. The first-order valence-corrected chi connectivity index (χ1v) is 5.74. The maximum Gasteiger partial charge on any atom is 0.123 e. The highest BCUT2D eigenvalue weighted by molar-refractivity contribution is 9.10. The van der Waals surface area contributed by atoms with Crippen LogP contribution in [-0.2, 0) is 4.74 Å². The van der Waals surface area contributed by atoms with Gasteiger partial charge in [0, 0.05) is 29.4 Å². The van der Waals surface area contributed by atoms with Crippen molar-refractivity contribution in [3.63, 3.8) is 0 Å². The van der Waals surface area contributed by atoms with Crippen LogP contribution < -0.4 is 11.1 Å². The average molecular weight is 286 g/mol. The van der Waals surface area contributed by atoms with Crippen molar-refractivity contribution in [2.75, 3.05) is 19.0 Å². The predicted molar refractivity (Wildman–Crippen MR) is 70.1 cm³/mol. The fourth-order valence-electron chi connectivity index (χ4n) is 1.19. The van der Waals surface area contributed by atoms with E-state index in [2.05, 4.69) is 21.2 Å². The van der Waals surface area contributed by atoms with Crippen LogP contribution in [-0.4, -0.2) is 25.6 Å². The molecule has 0 radical (unpaired) electrons. The smallest absolute Gasteiger partial charge is 0.123 e. The third-order valence-electron chi connectivity index (χ3n) is 2.26. The number of amidine groups is 1. The van der Waals surface area contributed by atoms with Gasteiger partial charge in [-0.1, -0.05) is 0 Å². The Morgan fingerprint density at radius 1 is 1.62 bits per heavy atom. The van der Waals surface area contributed by atoms with Gasteiger partial charge in [-0.15, -0.1) is 0 Å². The Balaban J connectivity index is 2.70. The normalized spacial score (nSPS) is 12.2. The minimum Gasteiger partial charge on any atom is -0.384 e. The molecular weight excluding hydrogens is 270 g/mol. The summed E-state index contributed by atoms with van der Waals surface area (Å²) in [5, 5.41) is 10.6. The third-order valence-corrected chi connectivity index (χ3v) is 2.91. The third kappa shape index (κ3) is 3.50. The fourth-order valence-corrected chi connectivity index (χ4v) is 1.78. The summed E-state index contributed by atoms with van der Waals surface area (Å²) in [6, 6.07) is 5.61. The van der Waals surface area contributed by atoms with E-state index in [0.29, 0.717) is 5.56 Å². The van der Waals surface area contributed by atoms with Crippen LogP contribution in [0.3, 0.4) is 0 Å². The molecule has 4 N–H and O–H groups in total. The van der Waals surface area contributed by atoms with Gasteiger partial charge in [0.2, 0.25) is 0 Å². The van der Waals surface area contributed by atoms with Crippen LogP contribution in [0.25, 0.3) is 0 Å². The topological polar surface area (TPSA) is 71.1 Å². The maximum absolute atomic E-state index is 7.35. The largest absolute Gasteiger partial charge is 0.384 e. The lowest BCUT2D eigenvalue weighted by molar-refractivity contribution is 0.129. The minimum atomic E-state index is 0.0590. The number of nitrogens with one attached hydrogen (secondary N) is 2. The Kier molecular flexibility index (Phi) is 4.76. The number of anilines is 1. The zero-order valence-corrected chi connectivity index (χ0v) is 11.0. The van der Waals surface area contributed by atoms with Crippen molar-refractivity contribution >= 4 is 27.5 Å². The zero-order chi connectivity index (χ0) is 12.1. The van der Waals surface area contributed by atoms with E-state index in [1.807, 2.05) is 25.1 Å². The second-order valence-corrected chi connectivity index (χ2v) is 4.39. The van der Waals surface area contributed by atoms with E-state index in [1.54, 1.807) is 7.11 Å². The van der Waals surface area contributed by atoms with Crippen molar-refractivity contribution in [1.82, 2.24) is 0 Å². The van der Waals surface area contributed by atoms with Crippen molar-refractivity contribution in [3.05, 3.63) is 28.2 Å². The lowest BCUT2D eigenvalue weighted by Crippen LogP contribution is -2.18. The molecular formula is C11H16BrN3O. The van der Waals surface area contributed by atoms with Gasteiger partial charge < -0.3 is 15.8 Å². The first kappa shape index (κ1) is 13.0. The van der Waals surface area contributed by atoms with Crippen LogP contribution in [0.2, 0.25) is 0 Å². The molecule has 88 valence electrons. The molecule has 0 saturated carbocycles. The van der Waals surface area contributed by atoms with Crippen LogP contribution in [0.4, 0.5) is 5.69 Å². The molecule has 0 aromatic heterocycles. The number of hydrogen-bond acceptors (Lipinski definition) is 3. The molecule has 1 aromatic carbocycles.